The molecule has 1 aromatic rings. The zero-order valence-corrected chi connectivity index (χ0v) is 13.0. The Morgan fingerprint density at radius 3 is 2.81 bits per heavy atom. The number of likely N-dealkylation sites (N-methyl/N-ethyl adjacent to an activating group) is 1. The van der Waals surface area contributed by atoms with Crippen molar-refractivity contribution in [2.75, 3.05) is 20.7 Å². The van der Waals surface area contributed by atoms with E-state index in [1.807, 2.05) is 43.1 Å². The Hall–Kier alpha value is -1.59. The summed E-state index contributed by atoms with van der Waals surface area (Å²) < 4.78 is 5.27. The van der Waals surface area contributed by atoms with Crippen LogP contribution in [0.2, 0.25) is 0 Å². The Morgan fingerprint density at radius 2 is 2.24 bits per heavy atom. The van der Waals surface area contributed by atoms with Crippen LogP contribution in [0.5, 0.6) is 5.75 Å². The van der Waals surface area contributed by atoms with Crippen LogP contribution in [0.1, 0.15) is 31.4 Å². The van der Waals surface area contributed by atoms with Crippen molar-refractivity contribution in [1.29, 1.82) is 0 Å². The first-order valence-corrected chi connectivity index (χ1v) is 7.40. The van der Waals surface area contributed by atoms with Gasteiger partial charge in [-0.25, -0.2) is 0 Å². The minimum atomic E-state index is -0.0872. The van der Waals surface area contributed by atoms with E-state index in [0.29, 0.717) is 12.6 Å². The number of nitrogens with zero attached hydrogens (tertiary/aromatic N) is 1. The van der Waals surface area contributed by atoms with Gasteiger partial charge in [0.2, 0.25) is 5.91 Å². The minimum absolute atomic E-state index is 0.0231. The molecule has 3 N–H and O–H groups in total. The Labute approximate surface area is 126 Å². The number of hydrogen-bond donors (Lipinski definition) is 2. The number of carbonyl (C=O) groups is 1. The second-order valence-electron chi connectivity index (χ2n) is 5.84. The molecule has 2 atom stereocenters. The summed E-state index contributed by atoms with van der Waals surface area (Å²) in [5.74, 6) is 0.863. The average molecular weight is 291 g/mol. The predicted molar refractivity (Wildman–Crippen MR) is 83.2 cm³/mol. The molecule has 0 aromatic heterocycles. The van der Waals surface area contributed by atoms with Gasteiger partial charge in [0.15, 0.2) is 0 Å². The van der Waals surface area contributed by atoms with Crippen LogP contribution in [0.15, 0.2) is 24.3 Å². The molecule has 1 fully saturated rings. The van der Waals surface area contributed by atoms with E-state index in [2.05, 4.69) is 5.32 Å². The predicted octanol–water partition coefficient (Wildman–Crippen LogP) is 1.29. The third kappa shape index (κ3) is 4.44. The maximum Gasteiger partial charge on any atom is 0.234 e. The van der Waals surface area contributed by atoms with E-state index in [9.17, 15) is 4.79 Å². The first-order valence-electron chi connectivity index (χ1n) is 7.40. The number of amides is 1. The Bertz CT molecular complexity index is 486. The van der Waals surface area contributed by atoms with Gasteiger partial charge in [0.05, 0.1) is 13.7 Å². The lowest BCUT2D eigenvalue weighted by Crippen LogP contribution is -2.43. The standard InChI is InChI=1S/C16H25N3O2/c1-11(17)16(12-5-4-6-14(9-12)21-3)19(2)10-15(20)18-13-7-8-13/h4-6,9,11,13,16H,7-8,10,17H2,1-3H3,(H,18,20). The molecule has 0 aliphatic heterocycles. The Morgan fingerprint density at radius 1 is 1.52 bits per heavy atom. The van der Waals surface area contributed by atoms with Crippen LogP contribution >= 0.6 is 0 Å². The number of ether oxygens (including phenoxy) is 1. The van der Waals surface area contributed by atoms with Gasteiger partial charge in [-0.3, -0.25) is 9.69 Å². The molecule has 2 rings (SSSR count). The van der Waals surface area contributed by atoms with Crippen molar-refractivity contribution in [3.8, 4) is 5.75 Å². The summed E-state index contributed by atoms with van der Waals surface area (Å²) in [7, 11) is 3.58. The number of carbonyl (C=O) groups excluding carboxylic acids is 1. The fourth-order valence-corrected chi connectivity index (χ4v) is 2.61. The van der Waals surface area contributed by atoms with Gasteiger partial charge >= 0.3 is 0 Å². The van der Waals surface area contributed by atoms with Gasteiger partial charge in [-0.05, 0) is 44.5 Å². The summed E-state index contributed by atoms with van der Waals surface area (Å²) in [6.07, 6.45) is 2.20. The third-order valence-corrected chi connectivity index (χ3v) is 3.74. The summed E-state index contributed by atoms with van der Waals surface area (Å²) >= 11 is 0. The van der Waals surface area contributed by atoms with Gasteiger partial charge in [-0.15, -0.1) is 0 Å². The number of hydrogen-bond acceptors (Lipinski definition) is 4. The molecular formula is C16H25N3O2. The first kappa shape index (κ1) is 15.8. The monoisotopic (exact) mass is 291 g/mol. The summed E-state index contributed by atoms with van der Waals surface area (Å²) in [4.78, 5) is 14.0. The van der Waals surface area contributed by atoms with E-state index < -0.39 is 0 Å². The van der Waals surface area contributed by atoms with Gasteiger partial charge in [-0.1, -0.05) is 12.1 Å². The second kappa shape index (κ2) is 6.91. The molecule has 0 spiro atoms. The lowest BCUT2D eigenvalue weighted by molar-refractivity contribution is -0.122. The molecule has 0 heterocycles. The maximum absolute atomic E-state index is 12.0. The average Bonchev–Trinajstić information content (AvgIpc) is 3.22. The normalized spacial score (nSPS) is 17.4. The zero-order valence-electron chi connectivity index (χ0n) is 13.0. The molecule has 1 aliphatic rings. The molecule has 0 bridgehead atoms. The lowest BCUT2D eigenvalue weighted by atomic mass is 9.99. The summed E-state index contributed by atoms with van der Waals surface area (Å²) in [5, 5.41) is 3.01. The van der Waals surface area contributed by atoms with Crippen LogP contribution in [-0.2, 0) is 4.79 Å². The van der Waals surface area contributed by atoms with Crippen LogP contribution in [0.4, 0.5) is 0 Å². The Kier molecular flexibility index (Phi) is 5.20. The van der Waals surface area contributed by atoms with Crippen molar-refractivity contribution in [2.24, 2.45) is 5.73 Å². The van der Waals surface area contributed by atoms with Gasteiger partial charge < -0.3 is 15.8 Å². The van der Waals surface area contributed by atoms with E-state index in [1.54, 1.807) is 7.11 Å². The van der Waals surface area contributed by atoms with Crippen LogP contribution in [0.25, 0.3) is 0 Å². The fourth-order valence-electron chi connectivity index (χ4n) is 2.61. The molecule has 1 amide bonds. The number of nitrogens with two attached hydrogens (primary N) is 1. The molecule has 0 radical (unpaired) electrons. The van der Waals surface area contributed by atoms with Gasteiger partial charge in [0.1, 0.15) is 5.75 Å². The van der Waals surface area contributed by atoms with Crippen molar-refractivity contribution in [2.45, 2.75) is 37.9 Å². The number of nitrogens with one attached hydrogen (secondary N) is 1. The third-order valence-electron chi connectivity index (χ3n) is 3.74. The number of rotatable bonds is 7. The van der Waals surface area contributed by atoms with E-state index in [-0.39, 0.29) is 18.0 Å². The topological polar surface area (TPSA) is 67.6 Å². The summed E-state index contributed by atoms with van der Waals surface area (Å²) in [5.41, 5.74) is 7.20. The number of benzene rings is 1. The molecule has 21 heavy (non-hydrogen) atoms. The molecule has 1 aromatic carbocycles. The van der Waals surface area contributed by atoms with Crippen molar-refractivity contribution in [1.82, 2.24) is 10.2 Å². The van der Waals surface area contributed by atoms with Crippen LogP contribution in [0.3, 0.4) is 0 Å². The highest BCUT2D eigenvalue weighted by Crippen LogP contribution is 2.25. The van der Waals surface area contributed by atoms with Gasteiger partial charge in [0, 0.05) is 18.1 Å². The van der Waals surface area contributed by atoms with E-state index >= 15 is 0 Å². The molecular weight excluding hydrogens is 266 g/mol. The van der Waals surface area contributed by atoms with Crippen molar-refractivity contribution in [3.63, 3.8) is 0 Å². The summed E-state index contributed by atoms with van der Waals surface area (Å²) in [6.45, 7) is 2.30. The molecule has 2 unspecified atom stereocenters. The van der Waals surface area contributed by atoms with Crippen molar-refractivity contribution >= 4 is 5.91 Å². The second-order valence-corrected chi connectivity index (χ2v) is 5.84. The molecule has 0 saturated heterocycles. The highest BCUT2D eigenvalue weighted by atomic mass is 16.5. The van der Waals surface area contributed by atoms with Crippen LogP contribution in [-0.4, -0.2) is 43.6 Å². The molecule has 116 valence electrons. The SMILES string of the molecule is COc1cccc(C(C(C)N)N(C)CC(=O)NC2CC2)c1. The van der Waals surface area contributed by atoms with Crippen molar-refractivity contribution in [3.05, 3.63) is 29.8 Å². The van der Waals surface area contributed by atoms with Crippen LogP contribution in [0, 0.1) is 0 Å². The van der Waals surface area contributed by atoms with Crippen LogP contribution < -0.4 is 15.8 Å². The molecule has 5 nitrogen and oxygen atoms in total. The smallest absolute Gasteiger partial charge is 0.234 e. The molecule has 1 saturated carbocycles. The zero-order chi connectivity index (χ0) is 15.4. The van der Waals surface area contributed by atoms with Crippen molar-refractivity contribution < 1.29 is 9.53 Å². The molecule has 1 aliphatic carbocycles. The minimum Gasteiger partial charge on any atom is -0.497 e. The van der Waals surface area contributed by atoms with E-state index in [4.69, 9.17) is 10.5 Å². The lowest BCUT2D eigenvalue weighted by Gasteiger charge is -2.31. The first-order chi connectivity index (χ1) is 10.0. The largest absolute Gasteiger partial charge is 0.497 e. The highest BCUT2D eigenvalue weighted by molar-refractivity contribution is 5.78. The highest BCUT2D eigenvalue weighted by Gasteiger charge is 2.27. The van der Waals surface area contributed by atoms with Gasteiger partial charge in [0.25, 0.3) is 0 Å². The van der Waals surface area contributed by atoms with Gasteiger partial charge in [-0.2, -0.15) is 0 Å². The maximum atomic E-state index is 12.0. The van der Waals surface area contributed by atoms with E-state index in [1.165, 1.54) is 0 Å². The molecule has 5 heteroatoms. The quantitative estimate of drug-likeness (QED) is 0.794. The van der Waals surface area contributed by atoms with E-state index in [0.717, 1.165) is 24.2 Å². The summed E-state index contributed by atoms with van der Waals surface area (Å²) in [6, 6.07) is 8.12. The Balaban J connectivity index is 2.07. The fraction of sp³-hybridized carbons (Fsp3) is 0.562. The number of methoxy groups -OCH3 is 1.